The molecule has 0 bridgehead atoms. The summed E-state index contributed by atoms with van der Waals surface area (Å²) in [5.74, 6) is -0.756. The van der Waals surface area contributed by atoms with Crippen LogP contribution in [0.5, 0.6) is 0 Å². The van der Waals surface area contributed by atoms with Crippen molar-refractivity contribution in [3.63, 3.8) is 0 Å². The Hall–Kier alpha value is -3.15. The number of carbonyl (C=O) groups excluding carboxylic acids is 2. The number of hydrogen-bond donors (Lipinski definition) is 3. The Bertz CT molecular complexity index is 1030. The second-order valence-corrected chi connectivity index (χ2v) is 8.87. The van der Waals surface area contributed by atoms with Gasteiger partial charge >= 0.3 is 12.4 Å². The topological polar surface area (TPSA) is 83.1 Å². The molecule has 3 N–H and O–H groups in total. The van der Waals surface area contributed by atoms with Crippen molar-refractivity contribution in [1.82, 2.24) is 15.6 Å². The molecule has 12 heteroatoms. The first-order valence-electron chi connectivity index (χ1n) is 11.3. The van der Waals surface area contributed by atoms with Crippen LogP contribution in [0.4, 0.5) is 32.2 Å². The van der Waals surface area contributed by atoms with Crippen molar-refractivity contribution in [2.45, 2.75) is 51.0 Å². The van der Waals surface area contributed by atoms with Crippen molar-refractivity contribution in [1.29, 1.82) is 0 Å². The van der Waals surface area contributed by atoms with Crippen molar-refractivity contribution in [3.05, 3.63) is 58.8 Å². The maximum atomic E-state index is 13.0. The summed E-state index contributed by atoms with van der Waals surface area (Å²) in [5, 5.41) is 8.31. The predicted molar refractivity (Wildman–Crippen MR) is 120 cm³/mol. The molecule has 0 unspecified atom stereocenters. The van der Waals surface area contributed by atoms with Gasteiger partial charge in [-0.25, -0.2) is 4.98 Å². The zero-order valence-electron chi connectivity index (χ0n) is 19.4. The van der Waals surface area contributed by atoms with Gasteiger partial charge in [0.25, 0.3) is 5.91 Å². The molecule has 3 rings (SSSR count). The summed E-state index contributed by atoms with van der Waals surface area (Å²) in [5.41, 5.74) is -2.78. The highest BCUT2D eigenvalue weighted by molar-refractivity contribution is 5.94. The van der Waals surface area contributed by atoms with Crippen LogP contribution in [-0.4, -0.2) is 35.9 Å². The van der Waals surface area contributed by atoms with Crippen molar-refractivity contribution < 1.29 is 35.9 Å². The van der Waals surface area contributed by atoms with Gasteiger partial charge in [0.15, 0.2) is 0 Å². The summed E-state index contributed by atoms with van der Waals surface area (Å²) >= 11 is 0. The molecule has 0 aliphatic heterocycles. The number of benzene rings is 1. The van der Waals surface area contributed by atoms with Gasteiger partial charge in [-0.1, -0.05) is 6.07 Å². The van der Waals surface area contributed by atoms with Crippen LogP contribution in [0.2, 0.25) is 0 Å². The third-order valence-electron chi connectivity index (χ3n) is 5.98. The molecule has 1 aromatic carbocycles. The standard InChI is InChI=1S/C24H26F6N4O2/c1-14-2-7-20(32-11-14)34-21(35)13-31-19-5-3-15(4-6-19)12-33-22(36)16-8-17(23(25,26)27)10-18(9-16)24(28,29)30/h2,7-11,15,19,31H,3-6,12-13H2,1H3,(H,33,36)(H,32,34,35)/t15-,19+. The van der Waals surface area contributed by atoms with Crippen LogP contribution < -0.4 is 16.0 Å². The van der Waals surface area contributed by atoms with Gasteiger partial charge in [-0.15, -0.1) is 0 Å². The smallest absolute Gasteiger partial charge is 0.352 e. The first-order valence-corrected chi connectivity index (χ1v) is 11.3. The van der Waals surface area contributed by atoms with E-state index in [4.69, 9.17) is 0 Å². The van der Waals surface area contributed by atoms with Gasteiger partial charge < -0.3 is 16.0 Å². The average Bonchev–Trinajstić information content (AvgIpc) is 2.82. The van der Waals surface area contributed by atoms with Gasteiger partial charge in [-0.3, -0.25) is 9.59 Å². The largest absolute Gasteiger partial charge is 0.416 e. The lowest BCUT2D eigenvalue weighted by atomic mass is 9.86. The molecule has 36 heavy (non-hydrogen) atoms. The normalized spacial score (nSPS) is 18.5. The number of alkyl halides is 6. The van der Waals surface area contributed by atoms with Crippen LogP contribution in [0, 0.1) is 12.8 Å². The van der Waals surface area contributed by atoms with Crippen LogP contribution in [0.3, 0.4) is 0 Å². The number of rotatable bonds is 7. The molecule has 1 saturated carbocycles. The lowest BCUT2D eigenvalue weighted by Gasteiger charge is -2.29. The highest BCUT2D eigenvalue weighted by Crippen LogP contribution is 2.36. The van der Waals surface area contributed by atoms with E-state index in [9.17, 15) is 35.9 Å². The Morgan fingerprint density at radius 3 is 2.08 bits per heavy atom. The van der Waals surface area contributed by atoms with E-state index in [0.29, 0.717) is 43.6 Å². The molecular formula is C24H26F6N4O2. The summed E-state index contributed by atoms with van der Waals surface area (Å²) in [4.78, 5) is 28.5. The van der Waals surface area contributed by atoms with E-state index in [1.807, 2.05) is 13.0 Å². The molecule has 1 fully saturated rings. The molecule has 0 saturated heterocycles. The molecule has 2 amide bonds. The molecule has 1 aliphatic carbocycles. The third-order valence-corrected chi connectivity index (χ3v) is 5.98. The number of aryl methyl sites for hydroxylation is 1. The van der Waals surface area contributed by atoms with Crippen LogP contribution in [0.15, 0.2) is 36.5 Å². The zero-order chi connectivity index (χ0) is 26.5. The monoisotopic (exact) mass is 516 g/mol. The number of carbonyl (C=O) groups is 2. The third kappa shape index (κ3) is 7.94. The van der Waals surface area contributed by atoms with E-state index in [2.05, 4.69) is 20.9 Å². The summed E-state index contributed by atoms with van der Waals surface area (Å²) in [6.45, 7) is 2.11. The number of amides is 2. The fraction of sp³-hybridized carbons (Fsp3) is 0.458. The quantitative estimate of drug-likeness (QED) is 0.455. The molecule has 6 nitrogen and oxygen atoms in total. The molecule has 2 aromatic rings. The van der Waals surface area contributed by atoms with E-state index in [1.54, 1.807) is 12.3 Å². The molecule has 1 aliphatic rings. The Morgan fingerprint density at radius 2 is 1.56 bits per heavy atom. The Labute approximate surface area is 203 Å². The molecule has 0 atom stereocenters. The fourth-order valence-corrected chi connectivity index (χ4v) is 3.96. The highest BCUT2D eigenvalue weighted by Gasteiger charge is 2.37. The maximum Gasteiger partial charge on any atom is 0.416 e. The van der Waals surface area contributed by atoms with Gasteiger partial charge in [0, 0.05) is 24.3 Å². The van der Waals surface area contributed by atoms with Crippen molar-refractivity contribution in [2.75, 3.05) is 18.4 Å². The molecular weight excluding hydrogens is 490 g/mol. The van der Waals surface area contributed by atoms with Crippen LogP contribution >= 0.6 is 0 Å². The number of halogens is 6. The zero-order valence-corrected chi connectivity index (χ0v) is 19.4. The van der Waals surface area contributed by atoms with Crippen LogP contribution in [0.25, 0.3) is 0 Å². The molecule has 0 radical (unpaired) electrons. The summed E-state index contributed by atoms with van der Waals surface area (Å²) in [7, 11) is 0. The molecule has 0 spiro atoms. The van der Waals surface area contributed by atoms with E-state index >= 15 is 0 Å². The number of nitrogens with one attached hydrogen (secondary N) is 3. The van der Waals surface area contributed by atoms with Crippen LogP contribution in [0.1, 0.15) is 52.7 Å². The van der Waals surface area contributed by atoms with E-state index in [1.165, 1.54) is 0 Å². The molecule has 1 aromatic heterocycles. The lowest BCUT2D eigenvalue weighted by molar-refractivity contribution is -0.143. The van der Waals surface area contributed by atoms with Gasteiger partial charge in [0.05, 0.1) is 17.7 Å². The Balaban J connectivity index is 1.46. The Morgan fingerprint density at radius 1 is 0.944 bits per heavy atom. The molecule has 196 valence electrons. The number of anilines is 1. The minimum Gasteiger partial charge on any atom is -0.352 e. The first-order chi connectivity index (χ1) is 16.8. The maximum absolute atomic E-state index is 13.0. The minimum absolute atomic E-state index is 0.0113. The first kappa shape index (κ1) is 27.4. The predicted octanol–water partition coefficient (Wildman–Crippen LogP) is 4.94. The van der Waals surface area contributed by atoms with E-state index in [-0.39, 0.29) is 37.0 Å². The lowest BCUT2D eigenvalue weighted by Crippen LogP contribution is -2.40. The minimum atomic E-state index is -5.02. The van der Waals surface area contributed by atoms with Gasteiger partial charge in [-0.2, -0.15) is 26.3 Å². The molecule has 1 heterocycles. The summed E-state index contributed by atoms with van der Waals surface area (Å²) in [6.07, 6.45) is -5.63. The SMILES string of the molecule is Cc1ccc(NC(=O)CN[C@H]2CC[C@@H](CNC(=O)c3cc(C(F)(F)F)cc(C(F)(F)F)c3)CC2)nc1. The average molecular weight is 516 g/mol. The van der Waals surface area contributed by atoms with Crippen molar-refractivity contribution >= 4 is 17.6 Å². The van der Waals surface area contributed by atoms with Gasteiger partial charge in [-0.05, 0) is 68.4 Å². The number of hydrogen-bond acceptors (Lipinski definition) is 4. The van der Waals surface area contributed by atoms with E-state index < -0.39 is 35.0 Å². The number of aromatic nitrogens is 1. The van der Waals surface area contributed by atoms with Gasteiger partial charge in [0.1, 0.15) is 5.82 Å². The van der Waals surface area contributed by atoms with Gasteiger partial charge in [0.2, 0.25) is 5.91 Å². The number of pyridine rings is 1. The van der Waals surface area contributed by atoms with Crippen LogP contribution in [-0.2, 0) is 17.1 Å². The van der Waals surface area contributed by atoms with Crippen molar-refractivity contribution in [3.8, 4) is 0 Å². The fourth-order valence-electron chi connectivity index (χ4n) is 3.96. The van der Waals surface area contributed by atoms with Crippen molar-refractivity contribution in [2.24, 2.45) is 5.92 Å². The second-order valence-electron chi connectivity index (χ2n) is 8.87. The summed E-state index contributed by atoms with van der Waals surface area (Å²) in [6, 6.07) is 4.44. The Kier molecular flexibility index (Phi) is 8.59. The second kappa shape index (κ2) is 11.3. The number of nitrogens with zero attached hydrogens (tertiary/aromatic N) is 1. The van der Waals surface area contributed by atoms with E-state index in [0.717, 1.165) is 5.56 Å². The highest BCUT2D eigenvalue weighted by atomic mass is 19.4. The summed E-state index contributed by atoms with van der Waals surface area (Å²) < 4.78 is 78.1.